The van der Waals surface area contributed by atoms with Gasteiger partial charge in [0.1, 0.15) is 40.5 Å². The zero-order valence-electron chi connectivity index (χ0n) is 33.5. The molecule has 0 bridgehead atoms. The Bertz CT molecular complexity index is 3030. The second kappa shape index (κ2) is 22.0. The minimum atomic E-state index is -5.13. The summed E-state index contributed by atoms with van der Waals surface area (Å²) in [5.41, 5.74) is 1.66. The van der Waals surface area contributed by atoms with Crippen LogP contribution in [-0.4, -0.2) is 57.9 Å². The number of urea groups is 1. The zero-order valence-corrected chi connectivity index (χ0v) is 44.7. The van der Waals surface area contributed by atoms with Gasteiger partial charge in [-0.05, 0) is 97.8 Å². The van der Waals surface area contributed by atoms with Crippen molar-refractivity contribution >= 4 is 102 Å². The van der Waals surface area contributed by atoms with Crippen molar-refractivity contribution in [1.29, 1.82) is 0 Å². The summed E-state index contributed by atoms with van der Waals surface area (Å²) in [4.78, 5) is 9.84. The van der Waals surface area contributed by atoms with E-state index in [-0.39, 0.29) is 163 Å². The summed E-state index contributed by atoms with van der Waals surface area (Å²) in [5, 5.41) is 20.0. The number of hydrogen-bond acceptors (Lipinski definition) is 17. The summed E-state index contributed by atoms with van der Waals surface area (Å²) in [7, 11) is -20.4. The predicted molar refractivity (Wildman–Crippen MR) is 203 cm³/mol. The number of carbonyl (C=O) groups excluding carboxylic acids is 1. The minimum Gasteiger partial charge on any atom is -0.744 e. The van der Waals surface area contributed by atoms with Crippen molar-refractivity contribution in [2.24, 2.45) is 20.5 Å². The molecule has 6 aromatic rings. The van der Waals surface area contributed by atoms with Gasteiger partial charge in [0.05, 0.1) is 42.3 Å². The fraction of sp³-hybridized carbons (Fsp3) is 0.0571. The number of amides is 2. The van der Waals surface area contributed by atoms with Crippen LogP contribution < -0.4 is 129 Å². The minimum absolute atomic E-state index is 0. The number of aryl methyl sites for hydroxylation is 2. The first-order valence-corrected chi connectivity index (χ1v) is 21.7. The van der Waals surface area contributed by atoms with Crippen LogP contribution in [0.1, 0.15) is 11.1 Å². The van der Waals surface area contributed by atoms with Crippen molar-refractivity contribution in [3.63, 3.8) is 0 Å². The molecule has 0 aliphatic rings. The maximum absolute atomic E-state index is 12.9. The molecule has 2 N–H and O–H groups in total. The summed E-state index contributed by atoms with van der Waals surface area (Å²) in [6.45, 7) is 3.27. The fourth-order valence-electron chi connectivity index (χ4n) is 5.79. The second-order valence-electron chi connectivity index (χ2n) is 12.4. The monoisotopic (exact) mass is 956 g/mol. The number of benzene rings is 6. The van der Waals surface area contributed by atoms with Crippen molar-refractivity contribution in [3.8, 4) is 0 Å². The molecule has 0 aliphatic heterocycles. The molecule has 0 radical (unpaired) electrons. The van der Waals surface area contributed by atoms with Crippen LogP contribution >= 0.6 is 0 Å². The third-order valence-corrected chi connectivity index (χ3v) is 11.9. The molecule has 19 nitrogen and oxygen atoms in total. The molecular formula is C35H24N6Na4O13S4. The Morgan fingerprint density at radius 3 is 1.05 bits per heavy atom. The number of nitrogens with zero attached hydrogens (tertiary/aromatic N) is 4. The molecule has 0 aliphatic carbocycles. The van der Waals surface area contributed by atoms with Gasteiger partial charge in [0.2, 0.25) is 0 Å². The molecule has 6 aromatic carbocycles. The fourth-order valence-corrected chi connectivity index (χ4v) is 8.58. The number of fused-ring (bicyclic) bond motifs is 2. The molecule has 27 heteroatoms. The van der Waals surface area contributed by atoms with Gasteiger partial charge in [-0.2, -0.15) is 20.5 Å². The second-order valence-corrected chi connectivity index (χ2v) is 17.8. The van der Waals surface area contributed by atoms with Gasteiger partial charge in [0, 0.05) is 32.9 Å². The number of anilines is 2. The molecule has 0 atom stereocenters. The van der Waals surface area contributed by atoms with E-state index in [9.17, 15) is 56.7 Å². The summed E-state index contributed by atoms with van der Waals surface area (Å²) in [6, 6.07) is 18.8. The van der Waals surface area contributed by atoms with Crippen LogP contribution in [0.4, 0.5) is 38.9 Å². The van der Waals surface area contributed by atoms with Gasteiger partial charge in [-0.1, -0.05) is 24.3 Å². The van der Waals surface area contributed by atoms with Crippen LogP contribution in [0.5, 0.6) is 0 Å². The van der Waals surface area contributed by atoms with E-state index in [2.05, 4.69) is 31.1 Å². The van der Waals surface area contributed by atoms with E-state index in [4.69, 9.17) is 0 Å². The number of azo groups is 2. The first kappa shape index (κ1) is 56.1. The molecule has 0 aromatic heterocycles. The van der Waals surface area contributed by atoms with Crippen LogP contribution in [0, 0.1) is 13.8 Å². The normalized spacial score (nSPS) is 12.0. The van der Waals surface area contributed by atoms with Crippen molar-refractivity contribution in [2.45, 2.75) is 33.4 Å². The first-order chi connectivity index (χ1) is 27.0. The van der Waals surface area contributed by atoms with Gasteiger partial charge in [-0.15, -0.1) is 0 Å². The van der Waals surface area contributed by atoms with Crippen molar-refractivity contribution in [2.75, 3.05) is 10.6 Å². The van der Waals surface area contributed by atoms with E-state index in [1.165, 1.54) is 48.5 Å². The third kappa shape index (κ3) is 13.5. The Morgan fingerprint density at radius 2 is 0.742 bits per heavy atom. The number of nitrogens with one attached hydrogen (secondary N) is 2. The van der Waals surface area contributed by atoms with Gasteiger partial charge in [0.15, 0.2) is 0 Å². The molecule has 0 saturated heterocycles. The standard InChI is InChI=1S/C35H28N6O13S4.4Na/c1-19-13-21(38-40-23-15-27-25(33(17-23)57(49,50)51)5-3-7-31(27)55(43,44)45)9-11-29(19)36-35(42)37-30-12-10-22(14-20(30)2)39-41-24-16-28-26(34(18-24)58(52,53)54)6-4-8-32(28)56(46,47)48;;;;/h3-18H,1-2H3,(H2,36,37,42)(H,43,44,45)(H,46,47,48)(H,49,50,51)(H,52,53,54);;;;/q;4*+1/p-4. The Morgan fingerprint density at radius 1 is 0.419 bits per heavy atom. The van der Waals surface area contributed by atoms with E-state index in [0.717, 1.165) is 48.5 Å². The summed E-state index contributed by atoms with van der Waals surface area (Å²) < 4.78 is 143. The quantitative estimate of drug-likeness (QED) is 0.0738. The van der Waals surface area contributed by atoms with Crippen molar-refractivity contribution in [3.05, 3.63) is 108 Å². The summed E-state index contributed by atoms with van der Waals surface area (Å²) >= 11 is 0. The zero-order chi connectivity index (χ0) is 42.4. The Kier molecular flexibility index (Phi) is 19.9. The van der Waals surface area contributed by atoms with Crippen LogP contribution in [0.2, 0.25) is 0 Å². The molecule has 62 heavy (non-hydrogen) atoms. The smallest absolute Gasteiger partial charge is 0.744 e. The average Bonchev–Trinajstić information content (AvgIpc) is 3.12. The SMILES string of the molecule is Cc1cc(N=Nc2cc(S(=O)(=O)[O-])c3cccc(S(=O)(=O)[O-])c3c2)ccc1NC(=O)Nc1ccc(N=Nc2cc(S(=O)(=O)[O-])c3cccc(S(=O)(=O)[O-])c3c2)cc1C.[Na+].[Na+].[Na+].[Na+]. The predicted octanol–water partition coefficient (Wildman–Crippen LogP) is -5.28. The van der Waals surface area contributed by atoms with Crippen molar-refractivity contribution in [1.82, 2.24) is 0 Å². The van der Waals surface area contributed by atoms with Crippen LogP contribution in [0.15, 0.2) is 137 Å². The van der Waals surface area contributed by atoms with Gasteiger partial charge in [0.25, 0.3) is 0 Å². The molecule has 0 spiro atoms. The summed E-state index contributed by atoms with van der Waals surface area (Å²) in [6.07, 6.45) is 0. The number of hydrogen-bond donors (Lipinski definition) is 2. The molecule has 300 valence electrons. The Hall–Kier alpha value is -2.05. The van der Waals surface area contributed by atoms with Gasteiger partial charge < -0.3 is 28.8 Å². The number of rotatable bonds is 10. The van der Waals surface area contributed by atoms with Crippen LogP contribution in [-0.2, 0) is 40.5 Å². The van der Waals surface area contributed by atoms with Gasteiger partial charge in [-0.3, -0.25) is 0 Å². The topological polar surface area (TPSA) is 319 Å². The van der Waals surface area contributed by atoms with Gasteiger partial charge >= 0.3 is 124 Å². The summed E-state index contributed by atoms with van der Waals surface area (Å²) in [5.74, 6) is 0. The molecule has 2 amide bonds. The van der Waals surface area contributed by atoms with Crippen LogP contribution in [0.3, 0.4) is 0 Å². The molecule has 0 unspecified atom stereocenters. The van der Waals surface area contributed by atoms with E-state index >= 15 is 0 Å². The molecular weight excluding hydrogens is 933 g/mol. The van der Waals surface area contributed by atoms with E-state index in [1.807, 2.05) is 0 Å². The molecule has 0 saturated carbocycles. The van der Waals surface area contributed by atoms with E-state index < -0.39 is 66.1 Å². The average molecular weight is 957 g/mol. The largest absolute Gasteiger partial charge is 1.00 e. The molecule has 0 fully saturated rings. The maximum atomic E-state index is 12.9. The van der Waals surface area contributed by atoms with Crippen molar-refractivity contribution < 1.29 is 175 Å². The molecule has 6 rings (SSSR count). The number of carbonyl (C=O) groups is 1. The Balaban J connectivity index is 0.00000331. The Labute approximate surface area is 443 Å². The maximum Gasteiger partial charge on any atom is 1.00 e. The van der Waals surface area contributed by atoms with E-state index in [1.54, 1.807) is 13.8 Å². The van der Waals surface area contributed by atoms with Gasteiger partial charge in [-0.25, -0.2) is 38.5 Å². The molecule has 0 heterocycles. The van der Waals surface area contributed by atoms with Crippen LogP contribution in [0.25, 0.3) is 21.5 Å². The third-order valence-electron chi connectivity index (χ3n) is 8.36. The first-order valence-electron chi connectivity index (χ1n) is 16.1. The van der Waals surface area contributed by atoms with E-state index in [0.29, 0.717) is 22.5 Å².